The number of nitrogens with one attached hydrogen (secondary N) is 1. The van der Waals surface area contributed by atoms with Crippen LogP contribution in [-0.4, -0.2) is 11.9 Å². The lowest BCUT2D eigenvalue weighted by atomic mass is 10.3. The Kier molecular flexibility index (Phi) is 3.57. The van der Waals surface area contributed by atoms with Gasteiger partial charge in [0.2, 0.25) is 6.41 Å². The number of amides is 1. The lowest BCUT2D eigenvalue weighted by molar-refractivity contribution is -0.105. The fourth-order valence-electron chi connectivity index (χ4n) is 0.873. The minimum absolute atomic E-state index is 0.156. The molecule has 0 saturated carbocycles. The summed E-state index contributed by atoms with van der Waals surface area (Å²) < 4.78 is 48.7. The number of carbonyl (C=O) groups is 1. The molecule has 2 nitrogen and oxygen atoms in total. The minimum atomic E-state index is -4.45. The average Bonchev–Trinajstić information content (AvgIpc) is 2.07. The van der Waals surface area contributed by atoms with Crippen molar-refractivity contribution in [2.45, 2.75) is 10.4 Å². The molecular weight excluding hydrogens is 234 g/mol. The van der Waals surface area contributed by atoms with Crippen LogP contribution in [-0.2, 0) is 4.79 Å². The first-order chi connectivity index (χ1) is 6.92. The van der Waals surface area contributed by atoms with E-state index in [1.165, 1.54) is 0 Å². The maximum atomic E-state index is 13.0. The molecule has 0 aliphatic heterocycles. The first kappa shape index (κ1) is 11.8. The number of anilines is 1. The fourth-order valence-corrected chi connectivity index (χ4v) is 1.44. The van der Waals surface area contributed by atoms with Gasteiger partial charge in [-0.25, -0.2) is 4.39 Å². The highest BCUT2D eigenvalue weighted by molar-refractivity contribution is 8.00. The van der Waals surface area contributed by atoms with Crippen molar-refractivity contribution in [3.8, 4) is 0 Å². The van der Waals surface area contributed by atoms with Gasteiger partial charge in [-0.15, -0.1) is 0 Å². The number of hydrogen-bond acceptors (Lipinski definition) is 2. The monoisotopic (exact) mass is 239 g/mol. The Morgan fingerprint density at radius 2 is 2.00 bits per heavy atom. The average molecular weight is 239 g/mol. The number of benzene rings is 1. The molecule has 0 heterocycles. The van der Waals surface area contributed by atoms with Crippen LogP contribution >= 0.6 is 11.8 Å². The van der Waals surface area contributed by atoms with Gasteiger partial charge < -0.3 is 5.32 Å². The summed E-state index contributed by atoms with van der Waals surface area (Å²) in [7, 11) is 0. The molecule has 0 radical (unpaired) electrons. The maximum Gasteiger partial charge on any atom is 0.446 e. The van der Waals surface area contributed by atoms with E-state index in [2.05, 4.69) is 0 Å². The molecule has 0 aliphatic rings. The van der Waals surface area contributed by atoms with Crippen LogP contribution in [0.5, 0.6) is 0 Å². The molecule has 0 aliphatic carbocycles. The third kappa shape index (κ3) is 3.78. The Morgan fingerprint density at radius 3 is 2.47 bits per heavy atom. The quantitative estimate of drug-likeness (QED) is 0.499. The van der Waals surface area contributed by atoms with E-state index in [1.54, 1.807) is 0 Å². The second kappa shape index (κ2) is 4.52. The zero-order valence-corrected chi connectivity index (χ0v) is 7.95. The number of hydrogen-bond donors (Lipinski definition) is 1. The lowest BCUT2D eigenvalue weighted by Gasteiger charge is -2.07. The SMILES string of the molecule is O=CNc1ccc(SC(F)(F)F)cc1F. The van der Waals surface area contributed by atoms with Crippen molar-refractivity contribution in [2.75, 3.05) is 5.32 Å². The van der Waals surface area contributed by atoms with E-state index in [0.29, 0.717) is 6.07 Å². The van der Waals surface area contributed by atoms with Gasteiger partial charge in [-0.2, -0.15) is 13.2 Å². The largest absolute Gasteiger partial charge is 0.446 e. The number of rotatable bonds is 3. The number of halogens is 4. The van der Waals surface area contributed by atoms with Gasteiger partial charge in [0.05, 0.1) is 5.69 Å². The summed E-state index contributed by atoms with van der Waals surface area (Å²) in [6.07, 6.45) is 0.245. The van der Waals surface area contributed by atoms with Gasteiger partial charge in [-0.3, -0.25) is 4.79 Å². The van der Waals surface area contributed by atoms with Crippen molar-refractivity contribution >= 4 is 23.9 Å². The number of thioether (sulfide) groups is 1. The first-order valence-corrected chi connectivity index (χ1v) is 4.49. The molecule has 7 heteroatoms. The van der Waals surface area contributed by atoms with Crippen LogP contribution in [0.25, 0.3) is 0 Å². The molecule has 0 saturated heterocycles. The molecule has 1 N–H and O–H groups in total. The molecule has 0 unspecified atom stereocenters. The van der Waals surface area contributed by atoms with E-state index >= 15 is 0 Å². The van der Waals surface area contributed by atoms with Gasteiger partial charge >= 0.3 is 5.51 Å². The van der Waals surface area contributed by atoms with Crippen LogP contribution in [0.3, 0.4) is 0 Å². The highest BCUT2D eigenvalue weighted by Crippen LogP contribution is 2.37. The molecular formula is C8H5F4NOS. The van der Waals surface area contributed by atoms with Crippen molar-refractivity contribution in [1.29, 1.82) is 0 Å². The summed E-state index contributed by atoms with van der Waals surface area (Å²) in [5.41, 5.74) is -4.61. The van der Waals surface area contributed by atoms with Gasteiger partial charge in [-0.05, 0) is 30.0 Å². The minimum Gasteiger partial charge on any atom is -0.326 e. The maximum absolute atomic E-state index is 13.0. The van der Waals surface area contributed by atoms with Crippen LogP contribution in [0.1, 0.15) is 0 Å². The van der Waals surface area contributed by atoms with Crippen LogP contribution in [0.15, 0.2) is 23.1 Å². The molecule has 1 rings (SSSR count). The Morgan fingerprint density at radius 1 is 1.33 bits per heavy atom. The summed E-state index contributed by atoms with van der Waals surface area (Å²) in [4.78, 5) is 9.71. The summed E-state index contributed by atoms with van der Waals surface area (Å²) in [6, 6.07) is 2.86. The third-order valence-corrected chi connectivity index (χ3v) is 2.11. The van der Waals surface area contributed by atoms with Gasteiger partial charge in [-0.1, -0.05) is 0 Å². The van der Waals surface area contributed by atoms with E-state index in [9.17, 15) is 22.4 Å². The molecule has 1 aromatic rings. The molecule has 0 fully saturated rings. The van der Waals surface area contributed by atoms with E-state index in [1.807, 2.05) is 5.32 Å². The highest BCUT2D eigenvalue weighted by atomic mass is 32.2. The lowest BCUT2D eigenvalue weighted by Crippen LogP contribution is -2.00. The van der Waals surface area contributed by atoms with Gasteiger partial charge in [0.15, 0.2) is 0 Å². The highest BCUT2D eigenvalue weighted by Gasteiger charge is 2.29. The first-order valence-electron chi connectivity index (χ1n) is 3.68. The second-order valence-electron chi connectivity index (χ2n) is 2.45. The zero-order valence-electron chi connectivity index (χ0n) is 7.14. The predicted octanol–water partition coefficient (Wildman–Crippen LogP) is 3.01. The second-order valence-corrected chi connectivity index (χ2v) is 3.59. The molecule has 82 valence electrons. The van der Waals surface area contributed by atoms with Crippen molar-refractivity contribution < 1.29 is 22.4 Å². The molecule has 1 amide bonds. The van der Waals surface area contributed by atoms with E-state index in [0.717, 1.165) is 12.1 Å². The Labute approximate surface area is 86.7 Å². The summed E-state index contributed by atoms with van der Waals surface area (Å²) in [6.45, 7) is 0. The van der Waals surface area contributed by atoms with Gasteiger partial charge in [0.1, 0.15) is 5.82 Å². The number of alkyl halides is 3. The van der Waals surface area contributed by atoms with E-state index in [-0.39, 0.29) is 17.0 Å². The van der Waals surface area contributed by atoms with Crippen LogP contribution in [0.2, 0.25) is 0 Å². The standard InChI is InChI=1S/C8H5F4NOS/c9-6-3-5(15-8(10,11)12)1-2-7(6)13-4-14/h1-4H,(H,13,14). The van der Waals surface area contributed by atoms with Crippen LogP contribution < -0.4 is 5.32 Å². The summed E-state index contributed by atoms with van der Waals surface area (Å²) in [5, 5.41) is 2.02. The summed E-state index contributed by atoms with van der Waals surface area (Å²) >= 11 is -0.414. The Balaban J connectivity index is 2.86. The predicted molar refractivity (Wildman–Crippen MR) is 48.0 cm³/mol. The van der Waals surface area contributed by atoms with Crippen molar-refractivity contribution in [3.05, 3.63) is 24.0 Å². The zero-order chi connectivity index (χ0) is 11.5. The Bertz CT molecular complexity index is 366. The third-order valence-electron chi connectivity index (χ3n) is 1.39. The van der Waals surface area contributed by atoms with Crippen molar-refractivity contribution in [2.24, 2.45) is 0 Å². The van der Waals surface area contributed by atoms with Crippen molar-refractivity contribution in [3.63, 3.8) is 0 Å². The van der Waals surface area contributed by atoms with Gasteiger partial charge in [0.25, 0.3) is 0 Å². The molecule has 15 heavy (non-hydrogen) atoms. The van der Waals surface area contributed by atoms with E-state index < -0.39 is 23.1 Å². The molecule has 0 spiro atoms. The van der Waals surface area contributed by atoms with Crippen LogP contribution in [0, 0.1) is 5.82 Å². The number of carbonyl (C=O) groups excluding carboxylic acids is 1. The van der Waals surface area contributed by atoms with E-state index in [4.69, 9.17) is 0 Å². The summed E-state index contributed by atoms with van der Waals surface area (Å²) in [5.74, 6) is -0.906. The Hall–Kier alpha value is -1.24. The van der Waals surface area contributed by atoms with Crippen molar-refractivity contribution in [1.82, 2.24) is 0 Å². The molecule has 1 aromatic carbocycles. The topological polar surface area (TPSA) is 29.1 Å². The molecule has 0 atom stereocenters. The smallest absolute Gasteiger partial charge is 0.326 e. The van der Waals surface area contributed by atoms with Crippen LogP contribution in [0.4, 0.5) is 23.2 Å². The molecule has 0 bridgehead atoms. The van der Waals surface area contributed by atoms with Gasteiger partial charge in [0, 0.05) is 4.90 Å². The molecule has 0 aromatic heterocycles. The normalized spacial score (nSPS) is 11.2. The fraction of sp³-hybridized carbons (Fsp3) is 0.125.